The summed E-state index contributed by atoms with van der Waals surface area (Å²) in [7, 11) is 0. The van der Waals surface area contributed by atoms with E-state index in [9.17, 15) is 9.59 Å². The molecule has 0 saturated carbocycles. The van der Waals surface area contributed by atoms with E-state index >= 15 is 0 Å². The zero-order valence-corrected chi connectivity index (χ0v) is 16.5. The summed E-state index contributed by atoms with van der Waals surface area (Å²) >= 11 is 7.58. The largest absolute Gasteiger partial charge is 0.472 e. The SMILES string of the molecule is O=C(Nc1nc(-c2ccccc2Cl)cs1)C1CCN(C(=O)c2ccoc2)CC1. The van der Waals surface area contributed by atoms with E-state index in [-0.39, 0.29) is 17.7 Å². The molecule has 2 amide bonds. The predicted octanol–water partition coefficient (Wildman–Crippen LogP) is 4.55. The van der Waals surface area contributed by atoms with Crippen LogP contribution in [0.25, 0.3) is 11.3 Å². The van der Waals surface area contributed by atoms with Crippen molar-refractivity contribution in [2.75, 3.05) is 18.4 Å². The van der Waals surface area contributed by atoms with E-state index in [4.69, 9.17) is 16.0 Å². The van der Waals surface area contributed by atoms with Gasteiger partial charge >= 0.3 is 0 Å². The van der Waals surface area contributed by atoms with Crippen LogP contribution in [0.15, 0.2) is 52.7 Å². The minimum atomic E-state index is -0.138. The number of carbonyl (C=O) groups excluding carboxylic acids is 2. The first-order chi connectivity index (χ1) is 13.6. The topological polar surface area (TPSA) is 75.4 Å². The van der Waals surface area contributed by atoms with E-state index < -0.39 is 0 Å². The van der Waals surface area contributed by atoms with Crippen LogP contribution in [0, 0.1) is 5.92 Å². The molecule has 1 aliphatic rings. The molecule has 0 bridgehead atoms. The van der Waals surface area contributed by atoms with Crippen LogP contribution in [-0.4, -0.2) is 34.8 Å². The molecule has 3 aromatic rings. The number of amides is 2. The van der Waals surface area contributed by atoms with Crippen molar-refractivity contribution in [3.63, 3.8) is 0 Å². The molecule has 0 spiro atoms. The molecule has 28 heavy (non-hydrogen) atoms. The highest BCUT2D eigenvalue weighted by Gasteiger charge is 2.28. The molecule has 1 fully saturated rings. The Morgan fingerprint density at radius 1 is 1.21 bits per heavy atom. The number of halogens is 1. The van der Waals surface area contributed by atoms with Crippen molar-refractivity contribution in [2.45, 2.75) is 12.8 Å². The zero-order chi connectivity index (χ0) is 19.5. The minimum absolute atomic E-state index is 0.0584. The molecular formula is C20H18ClN3O3S. The van der Waals surface area contributed by atoms with Gasteiger partial charge in [0.2, 0.25) is 5.91 Å². The second-order valence-corrected chi connectivity index (χ2v) is 7.85. The lowest BCUT2D eigenvalue weighted by atomic mass is 9.95. The van der Waals surface area contributed by atoms with Crippen molar-refractivity contribution in [3.8, 4) is 11.3 Å². The molecule has 0 radical (unpaired) electrons. The summed E-state index contributed by atoms with van der Waals surface area (Å²) < 4.78 is 4.97. The molecule has 0 aliphatic carbocycles. The Labute approximate surface area is 171 Å². The van der Waals surface area contributed by atoms with Crippen molar-refractivity contribution >= 4 is 39.9 Å². The Morgan fingerprint density at radius 3 is 2.71 bits per heavy atom. The number of nitrogens with zero attached hydrogens (tertiary/aromatic N) is 2. The summed E-state index contributed by atoms with van der Waals surface area (Å²) in [4.78, 5) is 31.2. The molecule has 144 valence electrons. The van der Waals surface area contributed by atoms with Crippen LogP contribution in [0.3, 0.4) is 0 Å². The number of rotatable bonds is 4. The van der Waals surface area contributed by atoms with E-state index in [0.29, 0.717) is 41.6 Å². The molecule has 0 unspecified atom stereocenters. The van der Waals surface area contributed by atoms with Gasteiger partial charge in [0.05, 0.1) is 17.5 Å². The molecule has 3 heterocycles. The number of aromatic nitrogens is 1. The zero-order valence-electron chi connectivity index (χ0n) is 14.9. The first-order valence-electron chi connectivity index (χ1n) is 8.94. The minimum Gasteiger partial charge on any atom is -0.472 e. The summed E-state index contributed by atoms with van der Waals surface area (Å²) in [5, 5.41) is 5.96. The molecule has 1 aromatic carbocycles. The fourth-order valence-electron chi connectivity index (χ4n) is 3.24. The number of nitrogens with one attached hydrogen (secondary N) is 1. The fourth-order valence-corrected chi connectivity index (χ4v) is 4.19. The van der Waals surface area contributed by atoms with Gasteiger partial charge in [-0.1, -0.05) is 29.8 Å². The third-order valence-corrected chi connectivity index (χ3v) is 5.89. The Hall–Kier alpha value is -2.64. The lowest BCUT2D eigenvalue weighted by molar-refractivity contribution is -0.121. The molecule has 2 aromatic heterocycles. The van der Waals surface area contributed by atoms with Gasteiger partial charge in [0, 0.05) is 35.0 Å². The van der Waals surface area contributed by atoms with Gasteiger partial charge in [0.1, 0.15) is 6.26 Å². The Morgan fingerprint density at radius 2 is 2.00 bits per heavy atom. The van der Waals surface area contributed by atoms with Gasteiger partial charge in [-0.05, 0) is 25.0 Å². The van der Waals surface area contributed by atoms with E-state index in [1.54, 1.807) is 11.0 Å². The van der Waals surface area contributed by atoms with Gasteiger partial charge in [-0.3, -0.25) is 9.59 Å². The highest BCUT2D eigenvalue weighted by Crippen LogP contribution is 2.31. The summed E-state index contributed by atoms with van der Waals surface area (Å²) in [6.07, 6.45) is 4.18. The van der Waals surface area contributed by atoms with E-state index in [1.165, 1.54) is 23.9 Å². The smallest absolute Gasteiger partial charge is 0.257 e. The van der Waals surface area contributed by atoms with Gasteiger partial charge in [0.15, 0.2) is 5.13 Å². The number of carbonyl (C=O) groups is 2. The maximum atomic E-state index is 12.6. The standard InChI is InChI=1S/C20H18ClN3O3S/c21-16-4-2-1-3-15(16)17-12-28-20(22-17)23-18(25)13-5-8-24(9-6-13)19(26)14-7-10-27-11-14/h1-4,7,10-13H,5-6,8-9H2,(H,22,23,25). The van der Waals surface area contributed by atoms with Crippen molar-refractivity contribution < 1.29 is 14.0 Å². The van der Waals surface area contributed by atoms with Gasteiger partial charge in [-0.2, -0.15) is 0 Å². The second kappa shape index (κ2) is 8.16. The maximum absolute atomic E-state index is 12.6. The van der Waals surface area contributed by atoms with Crippen molar-refractivity contribution in [1.29, 1.82) is 0 Å². The molecule has 6 nitrogen and oxygen atoms in total. The highest BCUT2D eigenvalue weighted by atomic mass is 35.5. The van der Waals surface area contributed by atoms with Gasteiger partial charge in [0.25, 0.3) is 5.91 Å². The van der Waals surface area contributed by atoms with Crippen LogP contribution in [-0.2, 0) is 4.79 Å². The molecule has 1 N–H and O–H groups in total. The van der Waals surface area contributed by atoms with Crippen LogP contribution in [0.4, 0.5) is 5.13 Å². The van der Waals surface area contributed by atoms with Crippen LogP contribution >= 0.6 is 22.9 Å². The molecule has 0 atom stereocenters. The van der Waals surface area contributed by atoms with Gasteiger partial charge in [-0.15, -0.1) is 11.3 Å². The van der Waals surface area contributed by atoms with Crippen LogP contribution in [0.1, 0.15) is 23.2 Å². The van der Waals surface area contributed by atoms with Crippen molar-refractivity contribution in [3.05, 3.63) is 58.8 Å². The number of hydrogen-bond donors (Lipinski definition) is 1. The first-order valence-corrected chi connectivity index (χ1v) is 10.2. The van der Waals surface area contributed by atoms with E-state index in [2.05, 4.69) is 10.3 Å². The Balaban J connectivity index is 1.34. The number of thiazole rings is 1. The van der Waals surface area contributed by atoms with Gasteiger partial charge < -0.3 is 14.6 Å². The average molecular weight is 416 g/mol. The molecular weight excluding hydrogens is 398 g/mol. The van der Waals surface area contributed by atoms with Crippen LogP contribution in [0.2, 0.25) is 5.02 Å². The lowest BCUT2D eigenvalue weighted by Gasteiger charge is -2.30. The molecule has 8 heteroatoms. The summed E-state index contributed by atoms with van der Waals surface area (Å²) in [6, 6.07) is 9.13. The summed E-state index contributed by atoms with van der Waals surface area (Å²) in [6.45, 7) is 1.09. The molecule has 4 rings (SSSR count). The molecule has 1 saturated heterocycles. The van der Waals surface area contributed by atoms with Crippen molar-refractivity contribution in [1.82, 2.24) is 9.88 Å². The maximum Gasteiger partial charge on any atom is 0.257 e. The van der Waals surface area contributed by atoms with E-state index in [0.717, 1.165) is 11.3 Å². The Kier molecular flexibility index (Phi) is 5.45. The van der Waals surface area contributed by atoms with Crippen LogP contribution < -0.4 is 5.32 Å². The van der Waals surface area contributed by atoms with E-state index in [1.807, 2.05) is 29.6 Å². The average Bonchev–Trinajstić information content (AvgIpc) is 3.40. The highest BCUT2D eigenvalue weighted by molar-refractivity contribution is 7.14. The number of likely N-dealkylation sites (tertiary alicyclic amines) is 1. The first kappa shape index (κ1) is 18.7. The number of benzene rings is 1. The molecule has 1 aliphatic heterocycles. The van der Waals surface area contributed by atoms with Crippen LogP contribution in [0.5, 0.6) is 0 Å². The number of piperidine rings is 1. The number of furan rings is 1. The quantitative estimate of drug-likeness (QED) is 0.678. The predicted molar refractivity (Wildman–Crippen MR) is 109 cm³/mol. The number of hydrogen-bond acceptors (Lipinski definition) is 5. The lowest BCUT2D eigenvalue weighted by Crippen LogP contribution is -2.41. The summed E-state index contributed by atoms with van der Waals surface area (Å²) in [5.74, 6) is -0.256. The monoisotopic (exact) mass is 415 g/mol. The summed E-state index contributed by atoms with van der Waals surface area (Å²) in [5.41, 5.74) is 2.12. The van der Waals surface area contributed by atoms with Crippen molar-refractivity contribution in [2.24, 2.45) is 5.92 Å². The third-order valence-electron chi connectivity index (χ3n) is 4.81. The Bertz CT molecular complexity index is 978. The normalized spacial score (nSPS) is 14.8. The second-order valence-electron chi connectivity index (χ2n) is 6.59. The third kappa shape index (κ3) is 3.95. The van der Waals surface area contributed by atoms with Gasteiger partial charge in [-0.25, -0.2) is 4.98 Å². The number of anilines is 1. The fraction of sp³-hybridized carbons (Fsp3) is 0.250.